The van der Waals surface area contributed by atoms with Crippen molar-refractivity contribution in [1.82, 2.24) is 0 Å². The standard InChI is InChI=1S/C29H60NO3P/c1-6-8-9-10-11-12-13-14-15-16-17-18-19-20-21-22-23-24-25-26-27-33-34(31,32)29(3)28-30(4,5)7-2/h17-18,29H,6-16,19-28H2,1-5H3/p+1/b18-17-. The predicted molar refractivity (Wildman–Crippen MR) is 151 cm³/mol. The minimum atomic E-state index is -3.51. The van der Waals surface area contributed by atoms with Gasteiger partial charge in [0.25, 0.3) is 0 Å². The van der Waals surface area contributed by atoms with Gasteiger partial charge in [-0.05, 0) is 46.0 Å². The van der Waals surface area contributed by atoms with Crippen LogP contribution < -0.4 is 0 Å². The van der Waals surface area contributed by atoms with E-state index in [1.165, 1.54) is 103 Å². The van der Waals surface area contributed by atoms with Crippen molar-refractivity contribution in [3.63, 3.8) is 0 Å². The summed E-state index contributed by atoms with van der Waals surface area (Å²) in [5, 5.41) is 0. The molecular formula is C29H61NO3P+. The zero-order valence-electron chi connectivity index (χ0n) is 23.7. The molecule has 5 heteroatoms. The van der Waals surface area contributed by atoms with Crippen LogP contribution in [0.4, 0.5) is 0 Å². The molecule has 204 valence electrons. The summed E-state index contributed by atoms with van der Waals surface area (Å²) >= 11 is 0. The van der Waals surface area contributed by atoms with Crippen LogP contribution in [0, 0.1) is 0 Å². The smallest absolute Gasteiger partial charge is 0.328 e. The molecule has 34 heavy (non-hydrogen) atoms. The van der Waals surface area contributed by atoms with Crippen molar-refractivity contribution in [1.29, 1.82) is 0 Å². The molecule has 0 radical (unpaired) electrons. The predicted octanol–water partition coefficient (Wildman–Crippen LogP) is 9.27. The zero-order chi connectivity index (χ0) is 25.5. The van der Waals surface area contributed by atoms with E-state index in [0.29, 0.717) is 13.2 Å². The van der Waals surface area contributed by atoms with E-state index in [9.17, 15) is 9.46 Å². The fourth-order valence-electron chi connectivity index (χ4n) is 4.33. The van der Waals surface area contributed by atoms with Crippen molar-refractivity contribution in [2.45, 2.75) is 142 Å². The summed E-state index contributed by atoms with van der Waals surface area (Å²) in [6.07, 6.45) is 28.3. The van der Waals surface area contributed by atoms with Crippen molar-refractivity contribution < 1.29 is 18.5 Å². The van der Waals surface area contributed by atoms with E-state index in [4.69, 9.17) is 4.52 Å². The lowest BCUT2D eigenvalue weighted by Crippen LogP contribution is -2.44. The van der Waals surface area contributed by atoms with Crippen molar-refractivity contribution in [3.8, 4) is 0 Å². The average Bonchev–Trinajstić information content (AvgIpc) is 2.79. The topological polar surface area (TPSA) is 46.5 Å². The molecule has 0 aromatic rings. The molecule has 1 N–H and O–H groups in total. The van der Waals surface area contributed by atoms with Crippen LogP contribution in [0.15, 0.2) is 12.2 Å². The van der Waals surface area contributed by atoms with Gasteiger partial charge in [0.1, 0.15) is 5.66 Å². The Morgan fingerprint density at radius 1 is 0.735 bits per heavy atom. The number of hydrogen-bond acceptors (Lipinski definition) is 2. The second-order valence-electron chi connectivity index (χ2n) is 11.0. The third kappa shape index (κ3) is 21.2. The van der Waals surface area contributed by atoms with Gasteiger partial charge >= 0.3 is 7.60 Å². The van der Waals surface area contributed by atoms with E-state index in [-0.39, 0.29) is 5.66 Å². The molecule has 0 aliphatic carbocycles. The van der Waals surface area contributed by atoms with Gasteiger partial charge in [0, 0.05) is 0 Å². The monoisotopic (exact) mass is 502 g/mol. The van der Waals surface area contributed by atoms with Gasteiger partial charge in [-0.2, -0.15) is 0 Å². The summed E-state index contributed by atoms with van der Waals surface area (Å²) in [7, 11) is 0.667. The van der Waals surface area contributed by atoms with Gasteiger partial charge in [0.05, 0.1) is 33.8 Å². The molecule has 0 saturated carbocycles. The largest absolute Gasteiger partial charge is 0.336 e. The summed E-state index contributed by atoms with van der Waals surface area (Å²) < 4.78 is 18.6. The van der Waals surface area contributed by atoms with E-state index in [1.54, 1.807) is 0 Å². The van der Waals surface area contributed by atoms with Crippen LogP contribution in [0.5, 0.6) is 0 Å². The SMILES string of the molecule is CCCCCCCCCCC/C=C\CCCCCCCCCOP(=O)(O)C(C)C[N+](C)(C)CC. The summed E-state index contributed by atoms with van der Waals surface area (Å²) in [4.78, 5) is 10.2. The quantitative estimate of drug-likeness (QED) is 0.0585. The van der Waals surface area contributed by atoms with Gasteiger partial charge in [-0.1, -0.05) is 103 Å². The summed E-state index contributed by atoms with van der Waals surface area (Å²) in [6.45, 7) is 8.24. The molecule has 2 unspecified atom stereocenters. The van der Waals surface area contributed by atoms with Gasteiger partial charge in [-0.3, -0.25) is 4.57 Å². The first-order valence-corrected chi connectivity index (χ1v) is 16.3. The second kappa shape index (κ2) is 22.1. The van der Waals surface area contributed by atoms with Crippen LogP contribution in [0.1, 0.15) is 136 Å². The van der Waals surface area contributed by atoms with Gasteiger partial charge in [0.2, 0.25) is 0 Å². The Morgan fingerprint density at radius 3 is 1.59 bits per heavy atom. The van der Waals surface area contributed by atoms with E-state index in [0.717, 1.165) is 23.9 Å². The number of allylic oxidation sites excluding steroid dienone is 2. The van der Waals surface area contributed by atoms with Crippen molar-refractivity contribution in [2.24, 2.45) is 0 Å². The summed E-state index contributed by atoms with van der Waals surface area (Å²) in [5.74, 6) is 0. The van der Waals surface area contributed by atoms with Crippen LogP contribution in [0.3, 0.4) is 0 Å². The van der Waals surface area contributed by atoms with E-state index in [2.05, 4.69) is 40.1 Å². The number of rotatable bonds is 25. The third-order valence-electron chi connectivity index (χ3n) is 7.10. The lowest BCUT2D eigenvalue weighted by atomic mass is 10.1. The molecule has 0 bridgehead atoms. The molecule has 0 saturated heterocycles. The lowest BCUT2D eigenvalue weighted by Gasteiger charge is -2.32. The van der Waals surface area contributed by atoms with Gasteiger partial charge in [0.15, 0.2) is 0 Å². The molecule has 0 amide bonds. The minimum absolute atomic E-state index is 0.318. The maximum absolute atomic E-state index is 12.4. The Hall–Kier alpha value is -0.150. The molecule has 0 heterocycles. The molecule has 0 spiro atoms. The van der Waals surface area contributed by atoms with Crippen molar-refractivity contribution in [3.05, 3.63) is 12.2 Å². The third-order valence-corrected chi connectivity index (χ3v) is 8.93. The Balaban J connectivity index is 3.44. The molecule has 0 aromatic heterocycles. The average molecular weight is 503 g/mol. The Kier molecular flexibility index (Phi) is 22.0. The Labute approximate surface area is 214 Å². The molecule has 4 nitrogen and oxygen atoms in total. The molecule has 0 aromatic carbocycles. The summed E-state index contributed by atoms with van der Waals surface area (Å²) in [5.41, 5.74) is -0.318. The molecule has 0 aliphatic heterocycles. The number of nitrogens with zero attached hydrogens (tertiary/aromatic N) is 1. The summed E-state index contributed by atoms with van der Waals surface area (Å²) in [6, 6.07) is 0. The van der Waals surface area contributed by atoms with Gasteiger partial charge in [-0.15, -0.1) is 0 Å². The van der Waals surface area contributed by atoms with Crippen LogP contribution in [-0.4, -0.2) is 48.8 Å². The number of unbranched alkanes of at least 4 members (excludes halogenated alkanes) is 16. The first-order chi connectivity index (χ1) is 16.2. The highest BCUT2D eigenvalue weighted by molar-refractivity contribution is 7.53. The fraction of sp³-hybridized carbons (Fsp3) is 0.931. The second-order valence-corrected chi connectivity index (χ2v) is 13.3. The van der Waals surface area contributed by atoms with E-state index in [1.807, 2.05) is 6.92 Å². The molecule has 2 atom stereocenters. The molecule has 0 fully saturated rings. The molecular weight excluding hydrogens is 441 g/mol. The van der Waals surface area contributed by atoms with Crippen LogP contribution in [-0.2, 0) is 9.09 Å². The first kappa shape index (κ1) is 33.8. The Bertz CT molecular complexity index is 522. The van der Waals surface area contributed by atoms with Crippen LogP contribution in [0.25, 0.3) is 0 Å². The highest BCUT2D eigenvalue weighted by atomic mass is 31.2. The molecule has 0 rings (SSSR count). The fourth-order valence-corrected chi connectivity index (χ4v) is 5.62. The maximum atomic E-state index is 12.4. The van der Waals surface area contributed by atoms with E-state index < -0.39 is 7.60 Å². The van der Waals surface area contributed by atoms with Gasteiger partial charge < -0.3 is 13.9 Å². The number of hydrogen-bond donors (Lipinski definition) is 1. The maximum Gasteiger partial charge on any atom is 0.336 e. The lowest BCUT2D eigenvalue weighted by molar-refractivity contribution is -0.888. The highest BCUT2D eigenvalue weighted by Gasteiger charge is 2.33. The van der Waals surface area contributed by atoms with Crippen LogP contribution in [0.2, 0.25) is 0 Å². The molecule has 0 aliphatic rings. The van der Waals surface area contributed by atoms with Crippen molar-refractivity contribution in [2.75, 3.05) is 33.8 Å². The minimum Gasteiger partial charge on any atom is -0.328 e. The van der Waals surface area contributed by atoms with Crippen LogP contribution >= 0.6 is 7.60 Å². The number of quaternary nitrogens is 1. The Morgan fingerprint density at radius 2 is 1.15 bits per heavy atom. The zero-order valence-corrected chi connectivity index (χ0v) is 24.6. The normalized spacial score (nSPS) is 15.1. The first-order valence-electron chi connectivity index (χ1n) is 14.7. The van der Waals surface area contributed by atoms with E-state index >= 15 is 0 Å². The highest BCUT2D eigenvalue weighted by Crippen LogP contribution is 2.48. The van der Waals surface area contributed by atoms with Crippen molar-refractivity contribution >= 4 is 7.60 Å². The van der Waals surface area contributed by atoms with Gasteiger partial charge in [-0.25, -0.2) is 0 Å².